The van der Waals surface area contributed by atoms with E-state index in [4.69, 9.17) is 0 Å². The van der Waals surface area contributed by atoms with E-state index in [1.165, 1.54) is 0 Å². The fraction of sp³-hybridized carbons (Fsp3) is 0.857. The predicted octanol–water partition coefficient (Wildman–Crippen LogP) is 1.94. The van der Waals surface area contributed by atoms with E-state index >= 15 is 0 Å². The van der Waals surface area contributed by atoms with Crippen LogP contribution in [0.5, 0.6) is 0 Å². The molecule has 0 unspecified atom stereocenters. The molecule has 0 radical (unpaired) electrons. The second kappa shape index (κ2) is 5.11. The van der Waals surface area contributed by atoms with Crippen LogP contribution in [0.25, 0.3) is 0 Å². The first kappa shape index (κ1) is 15.6. The van der Waals surface area contributed by atoms with Gasteiger partial charge in [-0.05, 0) is 44.1 Å². The van der Waals surface area contributed by atoms with Crippen LogP contribution in [-0.2, 0) is 4.79 Å². The molecule has 3 fully saturated rings. The lowest BCUT2D eigenvalue weighted by Crippen LogP contribution is -2.52. The zero-order valence-corrected chi connectivity index (χ0v) is 12.4. The predicted molar refractivity (Wildman–Crippen MR) is 71.7 cm³/mol. The maximum atomic E-state index is 12.8. The van der Waals surface area contributed by atoms with Gasteiger partial charge >= 0.3 is 12.2 Å². The van der Waals surface area contributed by atoms with Crippen molar-refractivity contribution >= 4 is 11.9 Å². The number of carbonyl (C=O) groups is 2. The first-order valence-electron chi connectivity index (χ1n) is 7.71. The molecule has 0 spiro atoms. The molecule has 3 amide bonds. The number of amides is 3. The Morgan fingerprint density at radius 1 is 1.23 bits per heavy atom. The number of hydrogen-bond acceptors (Lipinski definition) is 3. The molecule has 2 saturated carbocycles. The van der Waals surface area contributed by atoms with E-state index in [-0.39, 0.29) is 31.0 Å². The van der Waals surface area contributed by atoms with Gasteiger partial charge in [-0.2, -0.15) is 13.2 Å². The molecule has 1 heterocycles. The van der Waals surface area contributed by atoms with Crippen molar-refractivity contribution in [3.63, 3.8) is 0 Å². The molecule has 8 heteroatoms. The molecule has 0 aromatic heterocycles. The highest BCUT2D eigenvalue weighted by Crippen LogP contribution is 2.54. The minimum absolute atomic E-state index is 0.121. The topological polar surface area (TPSA) is 52.6 Å². The van der Waals surface area contributed by atoms with Gasteiger partial charge in [-0.3, -0.25) is 9.69 Å². The van der Waals surface area contributed by atoms with Crippen molar-refractivity contribution in [1.29, 1.82) is 0 Å². The number of nitrogens with one attached hydrogen (secondary N) is 1. The Hall–Kier alpha value is -1.31. The summed E-state index contributed by atoms with van der Waals surface area (Å²) in [5, 5.41) is 2.81. The molecule has 1 N–H and O–H groups in total. The van der Waals surface area contributed by atoms with Gasteiger partial charge in [-0.15, -0.1) is 0 Å². The Balaban J connectivity index is 1.74. The van der Waals surface area contributed by atoms with Crippen LogP contribution in [0.3, 0.4) is 0 Å². The lowest BCUT2D eigenvalue weighted by molar-refractivity contribution is -0.153. The molecule has 124 valence electrons. The Kier molecular flexibility index (Phi) is 3.62. The minimum atomic E-state index is -4.35. The number of nitrogens with zero attached hydrogens (tertiary/aromatic N) is 2. The third-order valence-corrected chi connectivity index (χ3v) is 4.79. The average Bonchev–Trinajstić information content (AvgIpc) is 3.29. The smallest absolute Gasteiger partial charge is 0.322 e. The molecule has 0 bridgehead atoms. The summed E-state index contributed by atoms with van der Waals surface area (Å²) in [4.78, 5) is 26.9. The van der Waals surface area contributed by atoms with Gasteiger partial charge < -0.3 is 5.32 Å². The minimum Gasteiger partial charge on any atom is -0.322 e. The van der Waals surface area contributed by atoms with Crippen molar-refractivity contribution in [2.24, 2.45) is 11.8 Å². The van der Waals surface area contributed by atoms with Gasteiger partial charge in [0.2, 0.25) is 0 Å². The standard InChI is InChI=1S/C14H20F3N3O2/c1-2-19(7-13(15,16)17)8-20-11(21)14(9-3-4-9,10-5-6-10)18-12(20)22/h9-10H,2-8H2,1H3,(H,18,22). The summed E-state index contributed by atoms with van der Waals surface area (Å²) in [6.07, 6.45) is -0.751. The van der Waals surface area contributed by atoms with Gasteiger partial charge in [-0.25, -0.2) is 9.69 Å². The molecule has 22 heavy (non-hydrogen) atoms. The fourth-order valence-electron chi connectivity index (χ4n) is 3.42. The summed E-state index contributed by atoms with van der Waals surface area (Å²) in [6.45, 7) is 0.276. The van der Waals surface area contributed by atoms with Gasteiger partial charge in [0.05, 0.1) is 13.2 Å². The maximum absolute atomic E-state index is 12.8. The van der Waals surface area contributed by atoms with E-state index in [2.05, 4.69) is 5.32 Å². The maximum Gasteiger partial charge on any atom is 0.401 e. The first-order chi connectivity index (χ1) is 10.3. The zero-order chi connectivity index (χ0) is 16.1. The van der Waals surface area contributed by atoms with Crippen LogP contribution in [0.15, 0.2) is 0 Å². The van der Waals surface area contributed by atoms with E-state index in [0.717, 1.165) is 35.5 Å². The Labute approximate surface area is 126 Å². The monoisotopic (exact) mass is 319 g/mol. The summed E-state index contributed by atoms with van der Waals surface area (Å²) in [6, 6.07) is -0.551. The molecular weight excluding hydrogens is 299 g/mol. The highest BCUT2D eigenvalue weighted by atomic mass is 19.4. The van der Waals surface area contributed by atoms with E-state index < -0.39 is 24.3 Å². The summed E-state index contributed by atoms with van der Waals surface area (Å²) in [5.74, 6) is -0.0265. The lowest BCUT2D eigenvalue weighted by atomic mass is 9.87. The number of rotatable bonds is 6. The quantitative estimate of drug-likeness (QED) is 0.761. The fourth-order valence-corrected chi connectivity index (χ4v) is 3.42. The lowest BCUT2D eigenvalue weighted by Gasteiger charge is -2.28. The molecule has 1 saturated heterocycles. The third-order valence-electron chi connectivity index (χ3n) is 4.79. The highest BCUT2D eigenvalue weighted by molar-refractivity contribution is 6.07. The summed E-state index contributed by atoms with van der Waals surface area (Å²) >= 11 is 0. The number of alkyl halides is 3. The van der Waals surface area contributed by atoms with Crippen LogP contribution >= 0.6 is 0 Å². The first-order valence-corrected chi connectivity index (χ1v) is 7.71. The van der Waals surface area contributed by atoms with Crippen molar-refractivity contribution in [2.45, 2.75) is 44.3 Å². The summed E-state index contributed by atoms with van der Waals surface area (Å²) in [7, 11) is 0. The normalized spacial score (nSPS) is 25.0. The molecule has 3 rings (SSSR count). The van der Waals surface area contributed by atoms with Gasteiger partial charge in [0.15, 0.2) is 0 Å². The number of carbonyl (C=O) groups excluding carboxylic acids is 2. The molecule has 2 aliphatic carbocycles. The van der Waals surface area contributed by atoms with E-state index in [1.54, 1.807) is 6.92 Å². The molecule has 1 aliphatic heterocycles. The Morgan fingerprint density at radius 2 is 1.77 bits per heavy atom. The van der Waals surface area contributed by atoms with Crippen LogP contribution in [0.4, 0.5) is 18.0 Å². The van der Waals surface area contributed by atoms with Crippen molar-refractivity contribution in [2.75, 3.05) is 19.8 Å². The van der Waals surface area contributed by atoms with Crippen LogP contribution in [0.2, 0.25) is 0 Å². The van der Waals surface area contributed by atoms with Crippen molar-refractivity contribution < 1.29 is 22.8 Å². The van der Waals surface area contributed by atoms with Gasteiger partial charge in [0, 0.05) is 0 Å². The van der Waals surface area contributed by atoms with Gasteiger partial charge in [0.1, 0.15) is 5.54 Å². The highest BCUT2D eigenvalue weighted by Gasteiger charge is 2.65. The van der Waals surface area contributed by atoms with Crippen molar-refractivity contribution in [3.8, 4) is 0 Å². The van der Waals surface area contributed by atoms with Crippen LogP contribution in [0.1, 0.15) is 32.6 Å². The zero-order valence-electron chi connectivity index (χ0n) is 12.4. The Bertz CT molecular complexity index is 474. The third kappa shape index (κ3) is 2.68. The second-order valence-electron chi connectivity index (χ2n) is 6.48. The largest absolute Gasteiger partial charge is 0.401 e. The SMILES string of the molecule is CCN(CN1C(=O)NC(C2CC2)(C2CC2)C1=O)CC(F)(F)F. The van der Waals surface area contributed by atoms with Gasteiger partial charge in [0.25, 0.3) is 5.91 Å². The van der Waals surface area contributed by atoms with Crippen LogP contribution in [-0.4, -0.2) is 53.2 Å². The van der Waals surface area contributed by atoms with Crippen LogP contribution < -0.4 is 5.32 Å². The molecule has 0 aromatic rings. The molecular formula is C14H20F3N3O2. The van der Waals surface area contributed by atoms with Gasteiger partial charge in [-0.1, -0.05) is 6.92 Å². The van der Waals surface area contributed by atoms with E-state index in [1.807, 2.05) is 0 Å². The van der Waals surface area contributed by atoms with Crippen molar-refractivity contribution in [3.05, 3.63) is 0 Å². The second-order valence-corrected chi connectivity index (χ2v) is 6.48. The van der Waals surface area contributed by atoms with E-state index in [0.29, 0.717) is 0 Å². The molecule has 0 atom stereocenters. The van der Waals surface area contributed by atoms with Crippen LogP contribution in [0, 0.1) is 11.8 Å². The average molecular weight is 319 g/mol. The number of urea groups is 1. The molecule has 5 nitrogen and oxygen atoms in total. The molecule has 3 aliphatic rings. The molecule has 0 aromatic carbocycles. The Morgan fingerprint density at radius 3 is 2.18 bits per heavy atom. The number of hydrogen-bond donors (Lipinski definition) is 1. The number of halogens is 3. The summed E-state index contributed by atoms with van der Waals surface area (Å²) < 4.78 is 37.6. The van der Waals surface area contributed by atoms with Crippen molar-refractivity contribution in [1.82, 2.24) is 15.1 Å². The summed E-state index contributed by atoms with van der Waals surface area (Å²) in [5.41, 5.74) is -0.839. The van der Waals surface area contributed by atoms with E-state index in [9.17, 15) is 22.8 Å². The number of imide groups is 1.